The third-order valence-electron chi connectivity index (χ3n) is 2.93. The number of unbranched alkanes of at least 4 members (excludes halogenated alkanes) is 2. The lowest BCUT2D eigenvalue weighted by atomic mass is 10.2. The molecule has 0 unspecified atom stereocenters. The van der Waals surface area contributed by atoms with Crippen molar-refractivity contribution in [3.05, 3.63) is 35.9 Å². The molecule has 1 atom stereocenters. The second-order valence-corrected chi connectivity index (χ2v) is 6.51. The molecule has 116 valence electrons. The van der Waals surface area contributed by atoms with Crippen molar-refractivity contribution >= 4 is 22.1 Å². The van der Waals surface area contributed by atoms with Crippen LogP contribution in [0.5, 0.6) is 0 Å². The fourth-order valence-electron chi connectivity index (χ4n) is 1.65. The van der Waals surface area contributed by atoms with Gasteiger partial charge in [0.15, 0.2) is 0 Å². The van der Waals surface area contributed by atoms with E-state index in [1.54, 1.807) is 12.1 Å². The second-order valence-electron chi connectivity index (χ2n) is 4.79. The van der Waals surface area contributed by atoms with Gasteiger partial charge in [0.2, 0.25) is 10.0 Å². The van der Waals surface area contributed by atoms with Gasteiger partial charge in [-0.05, 0) is 31.0 Å². The predicted octanol–water partition coefficient (Wildman–Crippen LogP) is 2.64. The first-order valence-corrected chi connectivity index (χ1v) is 8.37. The highest BCUT2D eigenvalue weighted by atomic mass is 32.2. The molecule has 0 aliphatic carbocycles. The van der Waals surface area contributed by atoms with Gasteiger partial charge in [0, 0.05) is 0 Å². The normalized spacial score (nSPS) is 13.4. The van der Waals surface area contributed by atoms with Crippen LogP contribution < -0.4 is 4.72 Å². The van der Waals surface area contributed by atoms with E-state index in [4.69, 9.17) is 5.11 Å². The number of carboxylic acid groups (broad SMARTS) is 1. The molecular formula is C15H21NO4S. The number of carbonyl (C=O) groups is 1. The molecule has 0 saturated carbocycles. The Bertz CT molecular complexity index is 591. The van der Waals surface area contributed by atoms with Crippen molar-refractivity contribution in [2.45, 2.75) is 44.0 Å². The number of hydrogen-bond donors (Lipinski definition) is 2. The molecule has 0 spiro atoms. The number of sulfonamides is 1. The molecule has 0 radical (unpaired) electrons. The van der Waals surface area contributed by atoms with Crippen LogP contribution in [0.15, 0.2) is 35.2 Å². The largest absolute Gasteiger partial charge is 0.480 e. The maximum atomic E-state index is 12.0. The smallest absolute Gasteiger partial charge is 0.321 e. The summed E-state index contributed by atoms with van der Waals surface area (Å²) >= 11 is 0. The molecule has 0 aliphatic rings. The Kier molecular flexibility index (Phi) is 6.58. The van der Waals surface area contributed by atoms with Crippen LogP contribution in [0.2, 0.25) is 0 Å². The van der Waals surface area contributed by atoms with Crippen LogP contribution >= 0.6 is 0 Å². The summed E-state index contributed by atoms with van der Waals surface area (Å²) in [6.45, 7) is 3.41. The van der Waals surface area contributed by atoms with Gasteiger partial charge in [0.1, 0.15) is 6.04 Å². The maximum Gasteiger partial charge on any atom is 0.321 e. The van der Waals surface area contributed by atoms with Crippen molar-refractivity contribution < 1.29 is 18.3 Å². The maximum absolute atomic E-state index is 12.0. The Morgan fingerprint density at radius 2 is 1.95 bits per heavy atom. The summed E-state index contributed by atoms with van der Waals surface area (Å²) in [5.41, 5.74) is 0.913. The molecule has 0 fully saturated rings. The van der Waals surface area contributed by atoms with Crippen LogP contribution in [0, 0.1) is 0 Å². The molecule has 21 heavy (non-hydrogen) atoms. The average Bonchev–Trinajstić information content (AvgIpc) is 2.43. The van der Waals surface area contributed by atoms with E-state index in [0.717, 1.165) is 24.8 Å². The lowest BCUT2D eigenvalue weighted by Gasteiger charge is -2.10. The topological polar surface area (TPSA) is 83.5 Å². The number of benzene rings is 1. The first kappa shape index (κ1) is 17.4. The van der Waals surface area contributed by atoms with Gasteiger partial charge in [-0.15, -0.1) is 0 Å². The highest BCUT2D eigenvalue weighted by molar-refractivity contribution is 7.89. The third-order valence-corrected chi connectivity index (χ3v) is 4.48. The molecule has 0 saturated heterocycles. The first-order chi connectivity index (χ1) is 9.86. The Hall–Kier alpha value is -1.66. The van der Waals surface area contributed by atoms with Crippen molar-refractivity contribution in [1.29, 1.82) is 0 Å². The minimum absolute atomic E-state index is 0.0568. The number of aliphatic carboxylic acids is 1. The van der Waals surface area contributed by atoms with Crippen molar-refractivity contribution in [2.75, 3.05) is 0 Å². The standard InChI is InChI=1S/C15H21NO4S/c1-3-4-5-6-7-13-8-10-14(11-9-13)21(19,20)16-12(2)15(17)18/h6-12,16H,3-5H2,1-2H3,(H,17,18)/t12-/m1/s1. The van der Waals surface area contributed by atoms with Gasteiger partial charge >= 0.3 is 5.97 Å². The van der Waals surface area contributed by atoms with Gasteiger partial charge in [0.05, 0.1) is 4.90 Å². The van der Waals surface area contributed by atoms with E-state index in [1.807, 2.05) is 6.08 Å². The molecule has 1 rings (SSSR count). The quantitative estimate of drug-likeness (QED) is 0.723. The summed E-state index contributed by atoms with van der Waals surface area (Å²) in [5.74, 6) is -1.21. The summed E-state index contributed by atoms with van der Waals surface area (Å²) in [5, 5.41) is 8.74. The van der Waals surface area contributed by atoms with Gasteiger partial charge < -0.3 is 5.11 Å². The fourth-order valence-corrected chi connectivity index (χ4v) is 2.85. The Morgan fingerprint density at radius 3 is 2.48 bits per heavy atom. The number of rotatable bonds is 8. The molecule has 0 heterocycles. The zero-order chi connectivity index (χ0) is 15.9. The van der Waals surface area contributed by atoms with Gasteiger partial charge in [-0.25, -0.2) is 8.42 Å². The molecule has 6 heteroatoms. The Labute approximate surface area is 125 Å². The van der Waals surface area contributed by atoms with Crippen molar-refractivity contribution in [3.8, 4) is 0 Å². The lowest BCUT2D eigenvalue weighted by molar-refractivity contribution is -0.138. The summed E-state index contributed by atoms with van der Waals surface area (Å²) < 4.78 is 26.0. The molecule has 2 N–H and O–H groups in total. The van der Waals surface area contributed by atoms with Crippen molar-refractivity contribution in [3.63, 3.8) is 0 Å². The van der Waals surface area contributed by atoms with Gasteiger partial charge in [-0.3, -0.25) is 4.79 Å². The predicted molar refractivity (Wildman–Crippen MR) is 82.4 cm³/mol. The van der Waals surface area contributed by atoms with E-state index >= 15 is 0 Å². The van der Waals surface area contributed by atoms with Crippen LogP contribution in [0.1, 0.15) is 38.7 Å². The number of allylic oxidation sites excluding steroid dienone is 1. The number of nitrogens with one attached hydrogen (secondary N) is 1. The van der Waals surface area contributed by atoms with Crippen LogP contribution in [-0.4, -0.2) is 25.5 Å². The van der Waals surface area contributed by atoms with Crippen LogP contribution in [-0.2, 0) is 14.8 Å². The van der Waals surface area contributed by atoms with E-state index in [2.05, 4.69) is 17.7 Å². The first-order valence-electron chi connectivity index (χ1n) is 6.88. The molecule has 0 aromatic heterocycles. The highest BCUT2D eigenvalue weighted by Crippen LogP contribution is 2.12. The van der Waals surface area contributed by atoms with E-state index in [-0.39, 0.29) is 4.90 Å². The van der Waals surface area contributed by atoms with Gasteiger partial charge in [-0.1, -0.05) is 44.1 Å². The lowest BCUT2D eigenvalue weighted by Crippen LogP contribution is -2.38. The second kappa shape index (κ2) is 7.95. The number of hydrogen-bond acceptors (Lipinski definition) is 3. The molecular weight excluding hydrogens is 290 g/mol. The molecule has 5 nitrogen and oxygen atoms in total. The molecule has 0 amide bonds. The van der Waals surface area contributed by atoms with Gasteiger partial charge in [0.25, 0.3) is 0 Å². The Morgan fingerprint density at radius 1 is 1.33 bits per heavy atom. The van der Waals surface area contributed by atoms with Crippen LogP contribution in [0.25, 0.3) is 6.08 Å². The summed E-state index contributed by atoms with van der Waals surface area (Å²) in [7, 11) is -3.81. The van der Waals surface area contributed by atoms with E-state index in [9.17, 15) is 13.2 Å². The molecule has 1 aromatic carbocycles. The van der Waals surface area contributed by atoms with E-state index < -0.39 is 22.0 Å². The van der Waals surface area contributed by atoms with Crippen LogP contribution in [0.4, 0.5) is 0 Å². The molecule has 1 aromatic rings. The average molecular weight is 311 g/mol. The zero-order valence-electron chi connectivity index (χ0n) is 12.2. The monoisotopic (exact) mass is 311 g/mol. The van der Waals surface area contributed by atoms with Crippen molar-refractivity contribution in [2.24, 2.45) is 0 Å². The third kappa shape index (κ3) is 5.69. The van der Waals surface area contributed by atoms with E-state index in [0.29, 0.717) is 0 Å². The highest BCUT2D eigenvalue weighted by Gasteiger charge is 2.21. The van der Waals surface area contributed by atoms with E-state index in [1.165, 1.54) is 19.1 Å². The summed E-state index contributed by atoms with van der Waals surface area (Å²) in [6, 6.07) is 5.17. The Balaban J connectivity index is 2.77. The van der Waals surface area contributed by atoms with Crippen LogP contribution in [0.3, 0.4) is 0 Å². The fraction of sp³-hybridized carbons (Fsp3) is 0.400. The summed E-state index contributed by atoms with van der Waals surface area (Å²) in [6.07, 6.45) is 7.25. The molecule has 0 aliphatic heterocycles. The van der Waals surface area contributed by atoms with Crippen molar-refractivity contribution in [1.82, 2.24) is 4.72 Å². The minimum Gasteiger partial charge on any atom is -0.480 e. The zero-order valence-corrected chi connectivity index (χ0v) is 13.1. The molecule has 0 bridgehead atoms. The minimum atomic E-state index is -3.81. The van der Waals surface area contributed by atoms with Gasteiger partial charge in [-0.2, -0.15) is 4.72 Å². The number of carboxylic acids is 1. The summed E-state index contributed by atoms with van der Waals surface area (Å²) in [4.78, 5) is 10.8. The SMILES string of the molecule is CCCCC=Cc1ccc(S(=O)(=O)N[C@H](C)C(=O)O)cc1.